The van der Waals surface area contributed by atoms with Crippen LogP contribution >= 0.6 is 0 Å². The number of methoxy groups -OCH3 is 1. The molecule has 96 valence electrons. The van der Waals surface area contributed by atoms with E-state index in [4.69, 9.17) is 5.73 Å². The molecule has 1 rings (SSSR count). The van der Waals surface area contributed by atoms with Crippen LogP contribution in [0.25, 0.3) is 0 Å². The molecule has 0 aromatic heterocycles. The van der Waals surface area contributed by atoms with E-state index in [1.807, 2.05) is 0 Å². The lowest BCUT2D eigenvalue weighted by Gasteiger charge is -2.09. The number of nitrogen functional groups attached to an aromatic ring is 1. The van der Waals surface area contributed by atoms with Gasteiger partial charge in [0, 0.05) is 0 Å². The number of hydrogen-bond donors (Lipinski definition) is 2. The van der Waals surface area contributed by atoms with Gasteiger partial charge in [-0.2, -0.15) is 0 Å². The second kappa shape index (κ2) is 5.81. The van der Waals surface area contributed by atoms with Crippen molar-refractivity contribution in [3.05, 3.63) is 23.8 Å². The Balaban J connectivity index is 2.91. The second-order valence-electron chi connectivity index (χ2n) is 3.72. The number of anilines is 2. The third-order valence-corrected chi connectivity index (χ3v) is 2.16. The smallest absolute Gasteiger partial charge is 0.337 e. The summed E-state index contributed by atoms with van der Waals surface area (Å²) in [5.41, 5.74) is 6.51. The van der Waals surface area contributed by atoms with Crippen molar-refractivity contribution in [3.63, 3.8) is 0 Å². The average Bonchev–Trinajstić information content (AvgIpc) is 2.30. The van der Waals surface area contributed by atoms with Gasteiger partial charge in [0.25, 0.3) is 0 Å². The molecule has 0 radical (unpaired) electrons. The highest BCUT2D eigenvalue weighted by Crippen LogP contribution is 2.20. The highest BCUT2D eigenvalue weighted by molar-refractivity contribution is 6.05. The minimum atomic E-state index is -0.530. The van der Waals surface area contributed by atoms with E-state index in [0.717, 1.165) is 0 Å². The van der Waals surface area contributed by atoms with Crippen LogP contribution in [0.4, 0.5) is 11.4 Å². The summed E-state index contributed by atoms with van der Waals surface area (Å²) < 4.78 is 4.55. The number of ether oxygens (including phenoxy) is 1. The number of rotatable bonds is 4. The van der Waals surface area contributed by atoms with E-state index in [1.165, 1.54) is 32.2 Å². The molecule has 0 aliphatic rings. The van der Waals surface area contributed by atoms with Crippen molar-refractivity contribution in [2.75, 3.05) is 18.2 Å². The van der Waals surface area contributed by atoms with Gasteiger partial charge < -0.3 is 15.8 Å². The molecule has 0 heterocycles. The SMILES string of the molecule is COC(=O)c1ccc(N)c(NC(=O)CC(C)=O)c1. The molecule has 0 saturated carbocycles. The van der Waals surface area contributed by atoms with Crippen molar-refractivity contribution in [1.29, 1.82) is 0 Å². The Labute approximate surface area is 104 Å². The summed E-state index contributed by atoms with van der Waals surface area (Å²) >= 11 is 0. The Kier molecular flexibility index (Phi) is 4.42. The van der Waals surface area contributed by atoms with Gasteiger partial charge >= 0.3 is 5.97 Å². The number of esters is 1. The van der Waals surface area contributed by atoms with E-state index in [-0.39, 0.29) is 23.5 Å². The van der Waals surface area contributed by atoms with Gasteiger partial charge in [0.2, 0.25) is 5.91 Å². The maximum absolute atomic E-state index is 11.4. The Morgan fingerprint density at radius 2 is 2.00 bits per heavy atom. The topological polar surface area (TPSA) is 98.5 Å². The van der Waals surface area contributed by atoms with E-state index >= 15 is 0 Å². The van der Waals surface area contributed by atoms with Crippen molar-refractivity contribution in [2.45, 2.75) is 13.3 Å². The van der Waals surface area contributed by atoms with Gasteiger partial charge in [-0.15, -0.1) is 0 Å². The molecule has 0 saturated heterocycles. The molecule has 1 aromatic carbocycles. The van der Waals surface area contributed by atoms with Crippen LogP contribution in [0.15, 0.2) is 18.2 Å². The molecular formula is C12H14N2O4. The van der Waals surface area contributed by atoms with Gasteiger partial charge in [-0.05, 0) is 25.1 Å². The number of nitrogens with one attached hydrogen (secondary N) is 1. The van der Waals surface area contributed by atoms with Crippen molar-refractivity contribution >= 4 is 29.0 Å². The Morgan fingerprint density at radius 1 is 1.33 bits per heavy atom. The number of hydrogen-bond acceptors (Lipinski definition) is 5. The lowest BCUT2D eigenvalue weighted by atomic mass is 10.1. The Hall–Kier alpha value is -2.37. The fourth-order valence-electron chi connectivity index (χ4n) is 1.33. The summed E-state index contributed by atoms with van der Waals surface area (Å²) in [7, 11) is 1.26. The predicted octanol–water partition coefficient (Wildman–Crippen LogP) is 0.973. The van der Waals surface area contributed by atoms with Gasteiger partial charge in [0.15, 0.2) is 0 Å². The first kappa shape index (κ1) is 13.7. The molecule has 18 heavy (non-hydrogen) atoms. The second-order valence-corrected chi connectivity index (χ2v) is 3.72. The van der Waals surface area contributed by atoms with Gasteiger partial charge in [-0.3, -0.25) is 9.59 Å². The predicted molar refractivity (Wildman–Crippen MR) is 66.1 cm³/mol. The molecule has 0 atom stereocenters. The normalized spacial score (nSPS) is 9.67. The van der Waals surface area contributed by atoms with Crippen molar-refractivity contribution in [1.82, 2.24) is 0 Å². The highest BCUT2D eigenvalue weighted by Gasteiger charge is 2.11. The summed E-state index contributed by atoms with van der Waals surface area (Å²) in [6.07, 6.45) is -0.234. The van der Waals surface area contributed by atoms with Crippen LogP contribution in [0.1, 0.15) is 23.7 Å². The largest absolute Gasteiger partial charge is 0.465 e. The number of benzene rings is 1. The lowest BCUT2D eigenvalue weighted by Crippen LogP contribution is -2.16. The third-order valence-electron chi connectivity index (χ3n) is 2.16. The monoisotopic (exact) mass is 250 g/mol. The average molecular weight is 250 g/mol. The molecule has 0 fully saturated rings. The van der Waals surface area contributed by atoms with Crippen molar-refractivity contribution in [3.8, 4) is 0 Å². The Bertz CT molecular complexity index is 497. The number of amides is 1. The van der Waals surface area contributed by atoms with Crippen molar-refractivity contribution < 1.29 is 19.1 Å². The maximum Gasteiger partial charge on any atom is 0.337 e. The maximum atomic E-state index is 11.4. The zero-order valence-corrected chi connectivity index (χ0v) is 10.1. The zero-order chi connectivity index (χ0) is 13.7. The molecule has 0 bridgehead atoms. The van der Waals surface area contributed by atoms with Crippen LogP contribution in [0.2, 0.25) is 0 Å². The van der Waals surface area contributed by atoms with Crippen LogP contribution in [-0.2, 0) is 14.3 Å². The van der Waals surface area contributed by atoms with Crippen LogP contribution in [0.3, 0.4) is 0 Å². The van der Waals surface area contributed by atoms with E-state index in [0.29, 0.717) is 5.69 Å². The summed E-state index contributed by atoms with van der Waals surface area (Å²) in [5.74, 6) is -1.26. The molecule has 0 aliphatic heterocycles. The summed E-state index contributed by atoms with van der Waals surface area (Å²) in [4.78, 5) is 33.5. The van der Waals surface area contributed by atoms with E-state index < -0.39 is 11.9 Å². The molecule has 6 nitrogen and oxygen atoms in total. The summed E-state index contributed by atoms with van der Waals surface area (Å²) in [5, 5.41) is 2.47. The molecule has 0 spiro atoms. The molecule has 1 amide bonds. The fourth-order valence-corrected chi connectivity index (χ4v) is 1.33. The van der Waals surface area contributed by atoms with Gasteiger partial charge in [0.05, 0.1) is 30.5 Å². The molecule has 6 heteroatoms. The molecule has 0 unspecified atom stereocenters. The van der Waals surface area contributed by atoms with Crippen LogP contribution < -0.4 is 11.1 Å². The minimum Gasteiger partial charge on any atom is -0.465 e. The van der Waals surface area contributed by atoms with E-state index in [1.54, 1.807) is 0 Å². The molecule has 1 aromatic rings. The molecule has 0 aliphatic carbocycles. The van der Waals surface area contributed by atoms with Crippen LogP contribution in [0.5, 0.6) is 0 Å². The van der Waals surface area contributed by atoms with Crippen molar-refractivity contribution in [2.24, 2.45) is 0 Å². The number of Topliss-reactive ketones (excluding diaryl/α,β-unsaturated/α-hetero) is 1. The zero-order valence-electron chi connectivity index (χ0n) is 10.1. The number of carbonyl (C=O) groups excluding carboxylic acids is 3. The van der Waals surface area contributed by atoms with Crippen LogP contribution in [-0.4, -0.2) is 24.8 Å². The first-order chi connectivity index (χ1) is 8.43. The number of carbonyl (C=O) groups is 3. The first-order valence-electron chi connectivity index (χ1n) is 5.21. The summed E-state index contributed by atoms with van der Waals surface area (Å²) in [6, 6.07) is 4.37. The Morgan fingerprint density at radius 3 is 2.56 bits per heavy atom. The van der Waals surface area contributed by atoms with E-state index in [2.05, 4.69) is 10.1 Å². The van der Waals surface area contributed by atoms with Gasteiger partial charge in [-0.1, -0.05) is 0 Å². The third kappa shape index (κ3) is 3.58. The number of nitrogens with two attached hydrogens (primary N) is 1. The quantitative estimate of drug-likeness (QED) is 0.471. The molecular weight excluding hydrogens is 236 g/mol. The van der Waals surface area contributed by atoms with Crippen LogP contribution in [0, 0.1) is 0 Å². The summed E-state index contributed by atoms with van der Waals surface area (Å²) in [6.45, 7) is 1.31. The standard InChI is InChI=1S/C12H14N2O4/c1-7(15)5-11(16)14-10-6-8(12(17)18-2)3-4-9(10)13/h3-4,6H,5,13H2,1-2H3,(H,14,16). The number of ketones is 1. The van der Waals surface area contributed by atoms with Gasteiger partial charge in [-0.25, -0.2) is 4.79 Å². The highest BCUT2D eigenvalue weighted by atomic mass is 16.5. The van der Waals surface area contributed by atoms with E-state index in [9.17, 15) is 14.4 Å². The fraction of sp³-hybridized carbons (Fsp3) is 0.250. The van der Waals surface area contributed by atoms with Gasteiger partial charge in [0.1, 0.15) is 5.78 Å². The minimum absolute atomic E-state index is 0.234. The molecule has 3 N–H and O–H groups in total. The first-order valence-corrected chi connectivity index (χ1v) is 5.21. The lowest BCUT2D eigenvalue weighted by molar-refractivity contribution is -0.124.